The second-order valence-corrected chi connectivity index (χ2v) is 5.41. The summed E-state index contributed by atoms with van der Waals surface area (Å²) in [5, 5.41) is 5.27. The summed E-state index contributed by atoms with van der Waals surface area (Å²) >= 11 is 5.99. The second-order valence-electron chi connectivity index (χ2n) is 4.97. The predicted molar refractivity (Wildman–Crippen MR) is 81.6 cm³/mol. The molecule has 1 N–H and O–H groups in total. The Hall–Kier alpha value is -1.16. The molecule has 0 fully saturated rings. The molecule has 0 aliphatic heterocycles. The van der Waals surface area contributed by atoms with E-state index in [1.54, 1.807) is 0 Å². The van der Waals surface area contributed by atoms with E-state index in [0.717, 1.165) is 47.7 Å². The van der Waals surface area contributed by atoms with Crippen LogP contribution in [0.15, 0.2) is 30.3 Å². The predicted octanol–water partition coefficient (Wildman–Crippen LogP) is 2.93. The third kappa shape index (κ3) is 4.46. The van der Waals surface area contributed by atoms with Crippen LogP contribution >= 0.6 is 11.6 Å². The van der Waals surface area contributed by atoms with E-state index in [1.807, 2.05) is 18.2 Å². The van der Waals surface area contributed by atoms with Crippen LogP contribution in [0.5, 0.6) is 0 Å². The van der Waals surface area contributed by atoms with E-state index in [2.05, 4.69) is 41.4 Å². The molecule has 0 saturated heterocycles. The summed E-state index contributed by atoms with van der Waals surface area (Å²) in [5.41, 5.74) is 2.01. The van der Waals surface area contributed by atoms with Gasteiger partial charge in [0.2, 0.25) is 0 Å². The van der Waals surface area contributed by atoms with Gasteiger partial charge in [0.15, 0.2) is 0 Å². The first-order valence-electron chi connectivity index (χ1n) is 6.56. The Kier molecular flexibility index (Phi) is 5.14. The highest BCUT2D eigenvalue weighted by Gasteiger charge is 1.99. The SMILES string of the molecule is CN(C)CCCNCc1ccc2ccc(Cl)cc2n1. The lowest BCUT2D eigenvalue weighted by Gasteiger charge is -2.09. The molecule has 2 aromatic rings. The minimum atomic E-state index is 0.732. The molecule has 3 nitrogen and oxygen atoms in total. The highest BCUT2D eigenvalue weighted by molar-refractivity contribution is 6.31. The average Bonchev–Trinajstić information content (AvgIpc) is 2.37. The number of benzene rings is 1. The minimum absolute atomic E-state index is 0.732. The van der Waals surface area contributed by atoms with Gasteiger partial charge in [0.25, 0.3) is 0 Å². The Bertz CT molecular complexity index is 540. The fourth-order valence-corrected chi connectivity index (χ4v) is 2.13. The van der Waals surface area contributed by atoms with E-state index >= 15 is 0 Å². The maximum atomic E-state index is 5.99. The van der Waals surface area contributed by atoms with Gasteiger partial charge < -0.3 is 10.2 Å². The number of aromatic nitrogens is 1. The smallest absolute Gasteiger partial charge is 0.0720 e. The molecule has 0 saturated carbocycles. The first-order valence-corrected chi connectivity index (χ1v) is 6.93. The van der Waals surface area contributed by atoms with Crippen molar-refractivity contribution in [1.29, 1.82) is 0 Å². The summed E-state index contributed by atoms with van der Waals surface area (Å²) in [7, 11) is 4.18. The number of pyridine rings is 1. The fourth-order valence-electron chi connectivity index (χ4n) is 1.97. The molecule has 2 rings (SSSR count). The van der Waals surface area contributed by atoms with Crippen LogP contribution in [0.1, 0.15) is 12.1 Å². The van der Waals surface area contributed by atoms with Gasteiger partial charge in [-0.25, -0.2) is 0 Å². The Morgan fingerprint density at radius 2 is 2.00 bits per heavy atom. The largest absolute Gasteiger partial charge is 0.311 e. The van der Waals surface area contributed by atoms with Crippen molar-refractivity contribution in [3.8, 4) is 0 Å². The number of hydrogen-bond acceptors (Lipinski definition) is 3. The molecule has 1 aromatic heterocycles. The standard InChI is InChI=1S/C15H20ClN3/c1-19(2)9-3-8-17-11-14-7-5-12-4-6-13(16)10-15(12)18-14/h4-7,10,17H,3,8-9,11H2,1-2H3. The second kappa shape index (κ2) is 6.85. The van der Waals surface area contributed by atoms with Crippen molar-refractivity contribution in [3.63, 3.8) is 0 Å². The van der Waals surface area contributed by atoms with Crippen LogP contribution in [0, 0.1) is 0 Å². The molecule has 0 unspecified atom stereocenters. The van der Waals surface area contributed by atoms with Crippen LogP contribution in [0.3, 0.4) is 0 Å². The first kappa shape index (κ1) is 14.3. The van der Waals surface area contributed by atoms with E-state index in [1.165, 1.54) is 0 Å². The lowest BCUT2D eigenvalue weighted by molar-refractivity contribution is 0.394. The normalized spacial score (nSPS) is 11.4. The summed E-state index contributed by atoms with van der Waals surface area (Å²) in [5.74, 6) is 0. The van der Waals surface area contributed by atoms with E-state index < -0.39 is 0 Å². The molecule has 19 heavy (non-hydrogen) atoms. The Morgan fingerprint density at radius 3 is 2.79 bits per heavy atom. The van der Waals surface area contributed by atoms with Gasteiger partial charge in [0.1, 0.15) is 0 Å². The number of nitrogens with one attached hydrogen (secondary N) is 1. The van der Waals surface area contributed by atoms with Crippen molar-refractivity contribution in [3.05, 3.63) is 41.0 Å². The van der Waals surface area contributed by atoms with Gasteiger partial charge in [-0.15, -0.1) is 0 Å². The monoisotopic (exact) mass is 277 g/mol. The molecule has 1 heterocycles. The highest BCUT2D eigenvalue weighted by atomic mass is 35.5. The van der Waals surface area contributed by atoms with E-state index in [0.29, 0.717) is 0 Å². The molecule has 0 aliphatic rings. The number of fused-ring (bicyclic) bond motifs is 1. The van der Waals surface area contributed by atoms with Gasteiger partial charge >= 0.3 is 0 Å². The Morgan fingerprint density at radius 1 is 1.21 bits per heavy atom. The quantitative estimate of drug-likeness (QED) is 0.823. The van der Waals surface area contributed by atoms with Crippen molar-refractivity contribution in [1.82, 2.24) is 15.2 Å². The van der Waals surface area contributed by atoms with Crippen molar-refractivity contribution >= 4 is 22.5 Å². The zero-order valence-corrected chi connectivity index (χ0v) is 12.2. The molecule has 0 atom stereocenters. The molecular formula is C15H20ClN3. The topological polar surface area (TPSA) is 28.2 Å². The summed E-state index contributed by atoms with van der Waals surface area (Å²) in [6, 6.07) is 9.96. The van der Waals surface area contributed by atoms with Gasteiger partial charge in [0, 0.05) is 17.0 Å². The van der Waals surface area contributed by atoms with Crippen molar-refractivity contribution in [2.24, 2.45) is 0 Å². The third-order valence-corrected chi connectivity index (χ3v) is 3.21. The van der Waals surface area contributed by atoms with E-state index in [9.17, 15) is 0 Å². The van der Waals surface area contributed by atoms with Crippen LogP contribution in [0.2, 0.25) is 5.02 Å². The maximum absolute atomic E-state index is 5.99. The Balaban J connectivity index is 1.90. The van der Waals surface area contributed by atoms with Gasteiger partial charge in [-0.3, -0.25) is 4.98 Å². The highest BCUT2D eigenvalue weighted by Crippen LogP contribution is 2.17. The molecule has 0 bridgehead atoms. The summed E-state index contributed by atoms with van der Waals surface area (Å²) in [6.07, 6.45) is 1.15. The molecule has 0 amide bonds. The van der Waals surface area contributed by atoms with Gasteiger partial charge in [0.05, 0.1) is 11.2 Å². The number of nitrogens with zero attached hydrogens (tertiary/aromatic N) is 2. The maximum Gasteiger partial charge on any atom is 0.0720 e. The van der Waals surface area contributed by atoms with Crippen LogP contribution < -0.4 is 5.32 Å². The minimum Gasteiger partial charge on any atom is -0.311 e. The zero-order valence-electron chi connectivity index (χ0n) is 11.5. The zero-order chi connectivity index (χ0) is 13.7. The number of halogens is 1. The summed E-state index contributed by atoms with van der Waals surface area (Å²) in [6.45, 7) is 2.91. The molecule has 0 spiro atoms. The lowest BCUT2D eigenvalue weighted by Crippen LogP contribution is -2.21. The van der Waals surface area contributed by atoms with Crippen LogP contribution in [-0.2, 0) is 6.54 Å². The van der Waals surface area contributed by atoms with Gasteiger partial charge in [-0.2, -0.15) is 0 Å². The van der Waals surface area contributed by atoms with Crippen molar-refractivity contribution in [2.45, 2.75) is 13.0 Å². The molecule has 0 aliphatic carbocycles. The van der Waals surface area contributed by atoms with Crippen molar-refractivity contribution < 1.29 is 0 Å². The van der Waals surface area contributed by atoms with Crippen LogP contribution in [0.4, 0.5) is 0 Å². The average molecular weight is 278 g/mol. The van der Waals surface area contributed by atoms with Crippen LogP contribution in [-0.4, -0.2) is 37.1 Å². The molecular weight excluding hydrogens is 258 g/mol. The number of hydrogen-bond donors (Lipinski definition) is 1. The number of rotatable bonds is 6. The molecule has 4 heteroatoms. The van der Waals surface area contributed by atoms with E-state index in [4.69, 9.17) is 11.6 Å². The molecule has 102 valence electrons. The summed E-state index contributed by atoms with van der Waals surface area (Å²) < 4.78 is 0. The molecule has 0 radical (unpaired) electrons. The fraction of sp³-hybridized carbons (Fsp3) is 0.400. The third-order valence-electron chi connectivity index (χ3n) is 2.98. The van der Waals surface area contributed by atoms with Crippen LogP contribution in [0.25, 0.3) is 10.9 Å². The van der Waals surface area contributed by atoms with E-state index in [-0.39, 0.29) is 0 Å². The molecule has 1 aromatic carbocycles. The Labute approximate surface area is 119 Å². The lowest BCUT2D eigenvalue weighted by atomic mass is 10.2. The summed E-state index contributed by atoms with van der Waals surface area (Å²) in [4.78, 5) is 6.80. The van der Waals surface area contributed by atoms with Gasteiger partial charge in [-0.1, -0.05) is 23.7 Å². The van der Waals surface area contributed by atoms with Gasteiger partial charge in [-0.05, 0) is 51.8 Å². The first-order chi connectivity index (χ1) is 9.15. The van der Waals surface area contributed by atoms with Crippen molar-refractivity contribution in [2.75, 3.05) is 27.2 Å².